The zero-order valence-electron chi connectivity index (χ0n) is 8.75. The third-order valence-electron chi connectivity index (χ3n) is 1.50. The van der Waals surface area contributed by atoms with Gasteiger partial charge < -0.3 is 10.8 Å². The van der Waals surface area contributed by atoms with Gasteiger partial charge in [-0.1, -0.05) is 6.92 Å². The van der Waals surface area contributed by atoms with E-state index in [9.17, 15) is 18.0 Å². The van der Waals surface area contributed by atoms with Crippen LogP contribution in [-0.4, -0.2) is 23.2 Å². The van der Waals surface area contributed by atoms with Crippen molar-refractivity contribution in [3.8, 4) is 0 Å². The van der Waals surface area contributed by atoms with Gasteiger partial charge in [0.15, 0.2) is 0 Å². The molecule has 4 nitrogen and oxygen atoms in total. The molecule has 0 spiro atoms. The molecule has 1 rings (SSSR count). The Morgan fingerprint density at radius 3 is 2.06 bits per heavy atom. The summed E-state index contributed by atoms with van der Waals surface area (Å²) in [5.41, 5.74) is 5.05. The van der Waals surface area contributed by atoms with Crippen LogP contribution in [0.25, 0.3) is 0 Å². The standard InChI is InChI=1S/C7H9NOS.C2HF3O2/c1-2-5-3-4-6(10-5)7(8)9;3-2(4,5)1(6)7/h3-4H,2H2,1H3,(H2,8,9);(H,6,7). The van der Waals surface area contributed by atoms with Crippen LogP contribution < -0.4 is 5.73 Å². The molecule has 17 heavy (non-hydrogen) atoms. The second-order valence-electron chi connectivity index (χ2n) is 2.79. The van der Waals surface area contributed by atoms with E-state index in [2.05, 4.69) is 6.92 Å². The largest absolute Gasteiger partial charge is 0.490 e. The molecular formula is C9H10F3NO3S. The van der Waals surface area contributed by atoms with Crippen molar-refractivity contribution in [2.45, 2.75) is 19.5 Å². The summed E-state index contributed by atoms with van der Waals surface area (Å²) in [6, 6.07) is 3.70. The van der Waals surface area contributed by atoms with Crippen LogP contribution in [0.5, 0.6) is 0 Å². The molecule has 0 aliphatic heterocycles. The molecule has 0 saturated carbocycles. The topological polar surface area (TPSA) is 80.4 Å². The molecule has 0 atom stereocenters. The number of primary amides is 1. The molecule has 0 bridgehead atoms. The predicted molar refractivity (Wildman–Crippen MR) is 55.9 cm³/mol. The molecule has 8 heteroatoms. The average Bonchev–Trinajstić information content (AvgIpc) is 2.65. The number of aliphatic carboxylic acids is 1. The Labute approximate surface area is 98.9 Å². The molecule has 1 aromatic rings. The van der Waals surface area contributed by atoms with Crippen LogP contribution in [0.2, 0.25) is 0 Å². The van der Waals surface area contributed by atoms with Crippen LogP contribution >= 0.6 is 11.3 Å². The summed E-state index contributed by atoms with van der Waals surface area (Å²) >= 11 is 1.47. The molecule has 0 aliphatic rings. The summed E-state index contributed by atoms with van der Waals surface area (Å²) in [5.74, 6) is -3.09. The number of hydrogen-bond donors (Lipinski definition) is 2. The summed E-state index contributed by atoms with van der Waals surface area (Å²) in [4.78, 5) is 21.3. The van der Waals surface area contributed by atoms with E-state index in [1.807, 2.05) is 6.07 Å². The first-order valence-corrected chi connectivity index (χ1v) is 5.18. The third-order valence-corrected chi connectivity index (χ3v) is 2.74. The first-order valence-electron chi connectivity index (χ1n) is 4.37. The van der Waals surface area contributed by atoms with Gasteiger partial charge in [-0.25, -0.2) is 4.79 Å². The van der Waals surface area contributed by atoms with Crippen molar-refractivity contribution in [3.05, 3.63) is 21.9 Å². The fraction of sp³-hybridized carbons (Fsp3) is 0.333. The Kier molecular flexibility index (Phi) is 5.66. The monoisotopic (exact) mass is 269 g/mol. The fourth-order valence-electron chi connectivity index (χ4n) is 0.700. The number of carboxylic acids is 1. The van der Waals surface area contributed by atoms with Gasteiger partial charge in [-0.3, -0.25) is 4.79 Å². The number of halogens is 3. The number of carbonyl (C=O) groups excluding carboxylic acids is 1. The van der Waals surface area contributed by atoms with Gasteiger partial charge in [-0.2, -0.15) is 13.2 Å². The number of hydrogen-bond acceptors (Lipinski definition) is 3. The minimum atomic E-state index is -5.08. The summed E-state index contributed by atoms with van der Waals surface area (Å²) < 4.78 is 31.7. The highest BCUT2D eigenvalue weighted by Gasteiger charge is 2.38. The zero-order valence-corrected chi connectivity index (χ0v) is 9.56. The van der Waals surface area contributed by atoms with Gasteiger partial charge in [0.1, 0.15) is 0 Å². The number of rotatable bonds is 2. The van der Waals surface area contributed by atoms with Crippen molar-refractivity contribution in [1.82, 2.24) is 0 Å². The van der Waals surface area contributed by atoms with E-state index in [1.165, 1.54) is 16.2 Å². The van der Waals surface area contributed by atoms with Crippen molar-refractivity contribution in [3.63, 3.8) is 0 Å². The number of amides is 1. The molecule has 0 fully saturated rings. The van der Waals surface area contributed by atoms with Crippen LogP contribution in [0.3, 0.4) is 0 Å². The van der Waals surface area contributed by atoms with Gasteiger partial charge in [-0.15, -0.1) is 11.3 Å². The lowest BCUT2D eigenvalue weighted by atomic mass is 10.4. The van der Waals surface area contributed by atoms with E-state index in [-0.39, 0.29) is 5.91 Å². The van der Waals surface area contributed by atoms with Crippen LogP contribution in [0, 0.1) is 0 Å². The number of thiophene rings is 1. The normalized spacial score (nSPS) is 10.4. The lowest BCUT2D eigenvalue weighted by Crippen LogP contribution is -2.21. The lowest BCUT2D eigenvalue weighted by Gasteiger charge is -1.93. The van der Waals surface area contributed by atoms with Crippen molar-refractivity contribution in [2.24, 2.45) is 5.73 Å². The molecular weight excluding hydrogens is 259 g/mol. The van der Waals surface area contributed by atoms with E-state index in [4.69, 9.17) is 15.6 Å². The lowest BCUT2D eigenvalue weighted by molar-refractivity contribution is -0.192. The van der Waals surface area contributed by atoms with Gasteiger partial charge in [0, 0.05) is 4.88 Å². The molecule has 0 aliphatic carbocycles. The molecule has 0 aromatic carbocycles. The maximum Gasteiger partial charge on any atom is 0.490 e. The molecule has 0 unspecified atom stereocenters. The van der Waals surface area contributed by atoms with E-state index in [1.54, 1.807) is 6.07 Å². The second kappa shape index (κ2) is 6.24. The minimum Gasteiger partial charge on any atom is -0.475 e. The van der Waals surface area contributed by atoms with Crippen molar-refractivity contribution in [2.75, 3.05) is 0 Å². The number of carboxylic acid groups (broad SMARTS) is 1. The molecule has 0 radical (unpaired) electrons. The number of aryl methyl sites for hydroxylation is 1. The smallest absolute Gasteiger partial charge is 0.475 e. The number of alkyl halides is 3. The van der Waals surface area contributed by atoms with Crippen LogP contribution in [0.4, 0.5) is 13.2 Å². The Morgan fingerprint density at radius 2 is 1.88 bits per heavy atom. The Bertz CT molecular complexity index is 400. The van der Waals surface area contributed by atoms with E-state index < -0.39 is 12.1 Å². The first kappa shape index (κ1) is 15.4. The zero-order chi connectivity index (χ0) is 13.6. The molecule has 1 aromatic heterocycles. The Hall–Kier alpha value is -1.57. The molecule has 3 N–H and O–H groups in total. The van der Waals surface area contributed by atoms with Crippen LogP contribution in [0.15, 0.2) is 12.1 Å². The van der Waals surface area contributed by atoms with Crippen LogP contribution in [0.1, 0.15) is 21.5 Å². The van der Waals surface area contributed by atoms with E-state index in [0.717, 1.165) is 6.42 Å². The van der Waals surface area contributed by atoms with Crippen molar-refractivity contribution < 1.29 is 27.9 Å². The highest BCUT2D eigenvalue weighted by Crippen LogP contribution is 2.15. The fourth-order valence-corrected chi connectivity index (χ4v) is 1.50. The highest BCUT2D eigenvalue weighted by atomic mass is 32.1. The number of carbonyl (C=O) groups is 2. The van der Waals surface area contributed by atoms with E-state index in [0.29, 0.717) is 4.88 Å². The summed E-state index contributed by atoms with van der Waals surface area (Å²) in [5, 5.41) is 7.12. The SMILES string of the molecule is CCc1ccc(C(N)=O)s1.O=C(O)C(F)(F)F. The Balaban J connectivity index is 0.000000325. The van der Waals surface area contributed by atoms with Gasteiger partial charge >= 0.3 is 12.1 Å². The predicted octanol–water partition coefficient (Wildman–Crippen LogP) is 2.04. The summed E-state index contributed by atoms with van der Waals surface area (Å²) in [6.07, 6.45) is -4.11. The highest BCUT2D eigenvalue weighted by molar-refractivity contribution is 7.14. The molecule has 1 heterocycles. The summed E-state index contributed by atoms with van der Waals surface area (Å²) in [7, 11) is 0. The van der Waals surface area contributed by atoms with Crippen molar-refractivity contribution >= 4 is 23.2 Å². The minimum absolute atomic E-state index is 0.329. The van der Waals surface area contributed by atoms with Gasteiger partial charge in [0.2, 0.25) is 0 Å². The van der Waals surface area contributed by atoms with Gasteiger partial charge in [-0.05, 0) is 18.6 Å². The maximum atomic E-state index is 10.6. The maximum absolute atomic E-state index is 10.6. The molecule has 1 amide bonds. The summed E-state index contributed by atoms with van der Waals surface area (Å²) in [6.45, 7) is 2.05. The van der Waals surface area contributed by atoms with Crippen molar-refractivity contribution in [1.29, 1.82) is 0 Å². The molecule has 96 valence electrons. The molecule has 0 saturated heterocycles. The first-order chi connectivity index (χ1) is 7.68. The quantitative estimate of drug-likeness (QED) is 0.862. The Morgan fingerprint density at radius 1 is 1.41 bits per heavy atom. The van der Waals surface area contributed by atoms with Gasteiger partial charge in [0.05, 0.1) is 4.88 Å². The second-order valence-corrected chi connectivity index (χ2v) is 3.96. The average molecular weight is 269 g/mol. The van der Waals surface area contributed by atoms with E-state index >= 15 is 0 Å². The van der Waals surface area contributed by atoms with Crippen LogP contribution in [-0.2, 0) is 11.2 Å². The van der Waals surface area contributed by atoms with Gasteiger partial charge in [0.25, 0.3) is 5.91 Å². The number of nitrogens with two attached hydrogens (primary N) is 1. The third kappa shape index (κ3) is 5.91.